The third-order valence-electron chi connectivity index (χ3n) is 4.01. The number of carbonyl (C=O) groups excluding carboxylic acids is 1. The van der Waals surface area contributed by atoms with Gasteiger partial charge < -0.3 is 10.1 Å². The third kappa shape index (κ3) is 3.17. The molecule has 2 aromatic rings. The van der Waals surface area contributed by atoms with Gasteiger partial charge in [0, 0.05) is 7.05 Å². The highest BCUT2D eigenvalue weighted by Gasteiger charge is 2.37. The van der Waals surface area contributed by atoms with Crippen LogP contribution >= 0.6 is 11.3 Å². The van der Waals surface area contributed by atoms with Crippen LogP contribution in [-0.4, -0.2) is 12.8 Å². The van der Waals surface area contributed by atoms with Gasteiger partial charge in [0.1, 0.15) is 0 Å². The molecule has 0 fully saturated rings. The first-order valence-electron chi connectivity index (χ1n) is 8.00. The molecule has 4 heteroatoms. The zero-order chi connectivity index (χ0) is 16.2. The van der Waals surface area contributed by atoms with Crippen molar-refractivity contribution < 1.29 is 9.53 Å². The van der Waals surface area contributed by atoms with Crippen molar-refractivity contribution in [3.05, 3.63) is 63.7 Å². The molecular formula is C19H21NO2S. The summed E-state index contributed by atoms with van der Waals surface area (Å²) in [6.45, 7) is 2.19. The average Bonchev–Trinajstić information content (AvgIpc) is 3.20. The molecule has 23 heavy (non-hydrogen) atoms. The van der Waals surface area contributed by atoms with Crippen LogP contribution in [0, 0.1) is 0 Å². The average molecular weight is 327 g/mol. The van der Waals surface area contributed by atoms with E-state index in [1.807, 2.05) is 29.6 Å². The van der Waals surface area contributed by atoms with Gasteiger partial charge in [0.05, 0.1) is 10.5 Å². The molecule has 1 aromatic carbocycles. The lowest BCUT2D eigenvalue weighted by atomic mass is 9.97. The standard InChI is InChI=1S/C19H21NO2S/c1-3-4-7-13-8-5-9-14(12-13)16-17(21)18(22-19(16)20-2)15-10-6-11-23-15/h5-6,8-12,18,20H,3-4,7H2,1-2H3. The van der Waals surface area contributed by atoms with Gasteiger partial charge in [-0.05, 0) is 35.4 Å². The molecule has 0 aliphatic carbocycles. The molecular weight excluding hydrogens is 306 g/mol. The van der Waals surface area contributed by atoms with Crippen LogP contribution in [-0.2, 0) is 16.0 Å². The zero-order valence-electron chi connectivity index (χ0n) is 13.5. The molecule has 3 nitrogen and oxygen atoms in total. The minimum absolute atomic E-state index is 0.0319. The SMILES string of the molecule is CCCCc1cccc(C2=C(NC)OC(c3cccs3)C2=O)c1. The van der Waals surface area contributed by atoms with Crippen LogP contribution in [0.5, 0.6) is 0 Å². The van der Waals surface area contributed by atoms with Gasteiger partial charge in [-0.25, -0.2) is 0 Å². The van der Waals surface area contributed by atoms with Crippen molar-refractivity contribution in [2.24, 2.45) is 0 Å². The fourth-order valence-electron chi connectivity index (χ4n) is 2.82. The minimum Gasteiger partial charge on any atom is -0.461 e. The van der Waals surface area contributed by atoms with Crippen molar-refractivity contribution in [2.45, 2.75) is 32.3 Å². The van der Waals surface area contributed by atoms with Gasteiger partial charge in [-0.1, -0.05) is 43.7 Å². The predicted octanol–water partition coefficient (Wildman–Crippen LogP) is 4.32. The number of ether oxygens (including phenoxy) is 1. The van der Waals surface area contributed by atoms with E-state index < -0.39 is 6.10 Å². The van der Waals surface area contributed by atoms with Gasteiger partial charge in [-0.2, -0.15) is 0 Å². The molecule has 1 aliphatic rings. The molecule has 120 valence electrons. The molecule has 0 saturated heterocycles. The summed E-state index contributed by atoms with van der Waals surface area (Å²) in [4.78, 5) is 13.8. The third-order valence-corrected chi connectivity index (χ3v) is 4.93. The van der Waals surface area contributed by atoms with Crippen molar-refractivity contribution >= 4 is 22.7 Å². The molecule has 0 spiro atoms. The molecule has 3 rings (SSSR count). The monoisotopic (exact) mass is 327 g/mol. The maximum absolute atomic E-state index is 12.9. The van der Waals surface area contributed by atoms with Crippen LogP contribution in [0.2, 0.25) is 0 Å². The summed E-state index contributed by atoms with van der Waals surface area (Å²) in [5, 5.41) is 5.01. The molecule has 1 aliphatic heterocycles. The summed E-state index contributed by atoms with van der Waals surface area (Å²) in [5.74, 6) is 0.602. The lowest BCUT2D eigenvalue weighted by Gasteiger charge is -2.08. The molecule has 1 N–H and O–H groups in total. The van der Waals surface area contributed by atoms with Crippen molar-refractivity contribution in [2.75, 3.05) is 7.05 Å². The Morgan fingerprint density at radius 3 is 2.83 bits per heavy atom. The smallest absolute Gasteiger partial charge is 0.214 e. The maximum atomic E-state index is 12.9. The number of nitrogens with one attached hydrogen (secondary N) is 1. The Morgan fingerprint density at radius 2 is 2.13 bits per heavy atom. The molecule has 1 unspecified atom stereocenters. The van der Waals surface area contributed by atoms with Gasteiger partial charge in [-0.3, -0.25) is 4.79 Å². The van der Waals surface area contributed by atoms with Crippen LogP contribution in [0.4, 0.5) is 0 Å². The number of unbranched alkanes of at least 4 members (excludes halogenated alkanes) is 1. The van der Waals surface area contributed by atoms with Crippen molar-refractivity contribution in [1.29, 1.82) is 0 Å². The number of ketones is 1. The van der Waals surface area contributed by atoms with Crippen LogP contribution in [0.15, 0.2) is 47.7 Å². The normalized spacial score (nSPS) is 17.5. The Bertz CT molecular complexity index is 719. The van der Waals surface area contributed by atoms with E-state index in [0.29, 0.717) is 11.5 Å². The lowest BCUT2D eigenvalue weighted by Crippen LogP contribution is -2.08. The summed E-state index contributed by atoms with van der Waals surface area (Å²) >= 11 is 1.55. The van der Waals surface area contributed by atoms with E-state index in [4.69, 9.17) is 4.74 Å². The fourth-order valence-corrected chi connectivity index (χ4v) is 3.57. The number of benzene rings is 1. The minimum atomic E-state index is -0.522. The van der Waals surface area contributed by atoms with E-state index in [0.717, 1.165) is 29.7 Å². The number of hydrogen-bond donors (Lipinski definition) is 1. The molecule has 0 radical (unpaired) electrons. The van der Waals surface area contributed by atoms with Crippen LogP contribution < -0.4 is 5.32 Å². The van der Waals surface area contributed by atoms with Gasteiger partial charge in [0.25, 0.3) is 0 Å². The van der Waals surface area contributed by atoms with Crippen LogP contribution in [0.3, 0.4) is 0 Å². The maximum Gasteiger partial charge on any atom is 0.214 e. The highest BCUT2D eigenvalue weighted by molar-refractivity contribution is 7.10. The highest BCUT2D eigenvalue weighted by atomic mass is 32.1. The summed E-state index contributed by atoms with van der Waals surface area (Å²) in [7, 11) is 1.79. The fraction of sp³-hybridized carbons (Fsp3) is 0.316. The number of rotatable bonds is 6. The molecule has 0 amide bonds. The topological polar surface area (TPSA) is 38.3 Å². The first-order chi connectivity index (χ1) is 11.2. The Labute approximate surface area is 141 Å². The van der Waals surface area contributed by atoms with E-state index in [1.54, 1.807) is 18.4 Å². The lowest BCUT2D eigenvalue weighted by molar-refractivity contribution is -0.120. The second-order valence-corrected chi connectivity index (χ2v) is 6.61. The Hall–Kier alpha value is -2.07. The number of hydrogen-bond acceptors (Lipinski definition) is 4. The number of thiophene rings is 1. The van der Waals surface area contributed by atoms with Crippen molar-refractivity contribution in [1.82, 2.24) is 5.32 Å². The van der Waals surface area contributed by atoms with Gasteiger partial charge in [0.2, 0.25) is 5.78 Å². The zero-order valence-corrected chi connectivity index (χ0v) is 14.3. The second kappa shape index (κ2) is 7.01. The first kappa shape index (κ1) is 15.8. The molecule has 1 atom stereocenters. The van der Waals surface area contributed by atoms with E-state index in [1.165, 1.54) is 5.56 Å². The number of Topliss-reactive ketones (excluding diaryl/α,β-unsaturated/α-hetero) is 1. The summed E-state index contributed by atoms with van der Waals surface area (Å²) < 4.78 is 5.88. The number of carbonyl (C=O) groups is 1. The van der Waals surface area contributed by atoms with Crippen molar-refractivity contribution in [3.8, 4) is 0 Å². The van der Waals surface area contributed by atoms with E-state index in [2.05, 4.69) is 24.4 Å². The van der Waals surface area contributed by atoms with Gasteiger partial charge in [-0.15, -0.1) is 11.3 Å². The predicted molar refractivity (Wildman–Crippen MR) is 94.2 cm³/mol. The molecule has 0 bridgehead atoms. The molecule has 1 aromatic heterocycles. The molecule has 2 heterocycles. The Kier molecular flexibility index (Phi) is 4.82. The first-order valence-corrected chi connectivity index (χ1v) is 8.88. The summed E-state index contributed by atoms with van der Waals surface area (Å²) in [5.41, 5.74) is 2.86. The Morgan fingerprint density at radius 1 is 1.26 bits per heavy atom. The van der Waals surface area contributed by atoms with Crippen LogP contribution in [0.1, 0.15) is 41.9 Å². The van der Waals surface area contributed by atoms with Crippen molar-refractivity contribution in [3.63, 3.8) is 0 Å². The van der Waals surface area contributed by atoms with E-state index in [9.17, 15) is 4.79 Å². The largest absolute Gasteiger partial charge is 0.461 e. The summed E-state index contributed by atoms with van der Waals surface area (Å²) in [6, 6.07) is 12.1. The summed E-state index contributed by atoms with van der Waals surface area (Å²) in [6.07, 6.45) is 2.84. The quantitative estimate of drug-likeness (QED) is 0.859. The Balaban J connectivity index is 1.92. The van der Waals surface area contributed by atoms with E-state index >= 15 is 0 Å². The van der Waals surface area contributed by atoms with Gasteiger partial charge >= 0.3 is 0 Å². The van der Waals surface area contributed by atoms with Crippen LogP contribution in [0.25, 0.3) is 5.57 Å². The second-order valence-electron chi connectivity index (χ2n) is 5.64. The van der Waals surface area contributed by atoms with Gasteiger partial charge in [0.15, 0.2) is 12.0 Å². The molecule has 0 saturated carbocycles. The number of aryl methyl sites for hydroxylation is 1. The van der Waals surface area contributed by atoms with E-state index in [-0.39, 0.29) is 5.78 Å². The highest BCUT2D eigenvalue weighted by Crippen LogP contribution is 2.38.